The highest BCUT2D eigenvalue weighted by molar-refractivity contribution is 5.94. The van der Waals surface area contributed by atoms with Crippen LogP contribution in [0.5, 0.6) is 0 Å². The van der Waals surface area contributed by atoms with Crippen LogP contribution in [0.4, 0.5) is 5.69 Å². The van der Waals surface area contributed by atoms with Crippen LogP contribution in [0.3, 0.4) is 0 Å². The van der Waals surface area contributed by atoms with Crippen LogP contribution < -0.4 is 11.1 Å². The van der Waals surface area contributed by atoms with Crippen LogP contribution in [-0.2, 0) is 10.2 Å². The summed E-state index contributed by atoms with van der Waals surface area (Å²) in [5.41, 5.74) is 3.03. The fraction of sp³-hybridized carbons (Fsp3) is 0.300. The molecule has 0 saturated carbocycles. The fourth-order valence-corrected chi connectivity index (χ4v) is 2.77. The number of para-hydroxylation sites is 2. The number of nitrogens with one attached hydrogen (secondary N) is 1. The van der Waals surface area contributed by atoms with E-state index in [1.54, 1.807) is 25.1 Å². The number of carbonyl (C=O) groups excluding carboxylic acids is 1. The van der Waals surface area contributed by atoms with Crippen molar-refractivity contribution >= 4 is 22.7 Å². The van der Waals surface area contributed by atoms with Crippen molar-refractivity contribution in [1.82, 2.24) is 4.57 Å². The summed E-state index contributed by atoms with van der Waals surface area (Å²) in [5, 5.41) is 2.86. The Morgan fingerprint density at radius 3 is 2.36 bits per heavy atom. The third kappa shape index (κ3) is 3.36. The molecule has 1 heterocycles. The van der Waals surface area contributed by atoms with Gasteiger partial charge in [-0.05, 0) is 42.2 Å². The average molecular weight is 338 g/mol. The number of benzene rings is 2. The van der Waals surface area contributed by atoms with Crippen molar-refractivity contribution in [2.75, 3.05) is 5.32 Å². The zero-order valence-electron chi connectivity index (χ0n) is 14.9. The number of nitrogens with zero attached hydrogens (tertiary/aromatic N) is 1. The molecule has 5 nitrogen and oxygen atoms in total. The van der Waals surface area contributed by atoms with Crippen molar-refractivity contribution in [1.29, 1.82) is 0 Å². The molecule has 1 N–H and O–H groups in total. The molecule has 3 aromatic rings. The molecule has 1 atom stereocenters. The Labute approximate surface area is 146 Å². The normalized spacial score (nSPS) is 13.0. The number of oxazole rings is 1. The van der Waals surface area contributed by atoms with Gasteiger partial charge >= 0.3 is 5.76 Å². The SMILES string of the molecule is C[C@H](C(=O)Nc1ccc(C(C)(C)C)cc1)n1c(=O)oc2ccccc21. The number of anilines is 1. The van der Waals surface area contributed by atoms with E-state index in [0.29, 0.717) is 16.8 Å². The first kappa shape index (κ1) is 17.0. The van der Waals surface area contributed by atoms with Gasteiger partial charge in [-0.25, -0.2) is 4.79 Å². The van der Waals surface area contributed by atoms with Crippen LogP contribution in [0, 0.1) is 0 Å². The zero-order chi connectivity index (χ0) is 18.2. The van der Waals surface area contributed by atoms with E-state index in [9.17, 15) is 9.59 Å². The zero-order valence-corrected chi connectivity index (χ0v) is 14.9. The first-order valence-electron chi connectivity index (χ1n) is 8.29. The number of amides is 1. The van der Waals surface area contributed by atoms with Gasteiger partial charge in [-0.3, -0.25) is 9.36 Å². The van der Waals surface area contributed by atoms with Crippen LogP contribution in [0.1, 0.15) is 39.3 Å². The molecule has 25 heavy (non-hydrogen) atoms. The summed E-state index contributed by atoms with van der Waals surface area (Å²) < 4.78 is 6.57. The molecule has 0 aliphatic rings. The van der Waals surface area contributed by atoms with E-state index in [-0.39, 0.29) is 11.3 Å². The molecule has 130 valence electrons. The molecule has 0 saturated heterocycles. The predicted molar refractivity (Wildman–Crippen MR) is 99.0 cm³/mol. The number of rotatable bonds is 3. The second-order valence-electron chi connectivity index (χ2n) is 7.20. The summed E-state index contributed by atoms with van der Waals surface area (Å²) in [6.45, 7) is 8.10. The van der Waals surface area contributed by atoms with Gasteiger partial charge in [0.2, 0.25) is 5.91 Å². The van der Waals surface area contributed by atoms with Gasteiger partial charge in [0, 0.05) is 5.69 Å². The van der Waals surface area contributed by atoms with Gasteiger partial charge in [0.1, 0.15) is 6.04 Å². The van der Waals surface area contributed by atoms with Crippen LogP contribution >= 0.6 is 0 Å². The maximum Gasteiger partial charge on any atom is 0.420 e. The smallest absolute Gasteiger partial charge is 0.408 e. The molecule has 0 unspecified atom stereocenters. The first-order valence-corrected chi connectivity index (χ1v) is 8.29. The van der Waals surface area contributed by atoms with E-state index in [4.69, 9.17) is 4.42 Å². The van der Waals surface area contributed by atoms with Crippen molar-refractivity contribution in [3.05, 3.63) is 64.6 Å². The van der Waals surface area contributed by atoms with Crippen LogP contribution in [-0.4, -0.2) is 10.5 Å². The first-order chi connectivity index (χ1) is 11.8. The van der Waals surface area contributed by atoms with Crippen LogP contribution in [0.25, 0.3) is 11.1 Å². The van der Waals surface area contributed by atoms with Crippen molar-refractivity contribution in [2.45, 2.75) is 39.2 Å². The fourth-order valence-electron chi connectivity index (χ4n) is 2.77. The Morgan fingerprint density at radius 2 is 1.72 bits per heavy atom. The van der Waals surface area contributed by atoms with Gasteiger partial charge in [-0.15, -0.1) is 0 Å². The third-order valence-corrected chi connectivity index (χ3v) is 4.30. The Bertz CT molecular complexity index is 959. The molecule has 0 fully saturated rings. The van der Waals surface area contributed by atoms with Crippen LogP contribution in [0.2, 0.25) is 0 Å². The molecule has 0 radical (unpaired) electrons. The van der Waals surface area contributed by atoms with E-state index < -0.39 is 11.8 Å². The Kier molecular flexibility index (Phi) is 4.25. The lowest BCUT2D eigenvalue weighted by Gasteiger charge is -2.19. The molecule has 0 spiro atoms. The summed E-state index contributed by atoms with van der Waals surface area (Å²) in [7, 11) is 0. The topological polar surface area (TPSA) is 64.2 Å². The number of hydrogen-bond donors (Lipinski definition) is 1. The molecule has 0 aliphatic carbocycles. The van der Waals surface area contributed by atoms with Gasteiger partial charge in [0.15, 0.2) is 5.58 Å². The lowest BCUT2D eigenvalue weighted by molar-refractivity contribution is -0.118. The van der Waals surface area contributed by atoms with E-state index in [1.807, 2.05) is 30.3 Å². The van der Waals surface area contributed by atoms with Crippen LogP contribution in [0.15, 0.2) is 57.7 Å². The minimum atomic E-state index is -0.682. The monoisotopic (exact) mass is 338 g/mol. The number of carbonyl (C=O) groups is 1. The Morgan fingerprint density at radius 1 is 1.08 bits per heavy atom. The van der Waals surface area contributed by atoms with Gasteiger partial charge in [0.25, 0.3) is 0 Å². The molecule has 5 heteroatoms. The van der Waals surface area contributed by atoms with Crippen molar-refractivity contribution in [3.8, 4) is 0 Å². The highest BCUT2D eigenvalue weighted by Crippen LogP contribution is 2.24. The summed E-state index contributed by atoms with van der Waals surface area (Å²) >= 11 is 0. The second kappa shape index (κ2) is 6.24. The van der Waals surface area contributed by atoms with Crippen molar-refractivity contribution in [2.24, 2.45) is 0 Å². The van der Waals surface area contributed by atoms with E-state index >= 15 is 0 Å². The minimum Gasteiger partial charge on any atom is -0.408 e. The number of fused-ring (bicyclic) bond motifs is 1. The third-order valence-electron chi connectivity index (χ3n) is 4.30. The van der Waals surface area contributed by atoms with E-state index in [0.717, 1.165) is 0 Å². The molecule has 3 rings (SSSR count). The lowest BCUT2D eigenvalue weighted by atomic mass is 9.87. The summed E-state index contributed by atoms with van der Waals surface area (Å²) in [4.78, 5) is 24.7. The highest BCUT2D eigenvalue weighted by atomic mass is 16.4. The summed E-state index contributed by atoms with van der Waals surface area (Å²) in [5.74, 6) is -0.802. The molecular formula is C20H22N2O3. The summed E-state index contributed by atoms with van der Waals surface area (Å²) in [6, 6.07) is 14.1. The van der Waals surface area contributed by atoms with Crippen molar-refractivity contribution in [3.63, 3.8) is 0 Å². The molecule has 1 aromatic heterocycles. The predicted octanol–water partition coefficient (Wildman–Crippen LogP) is 4.09. The Balaban J connectivity index is 1.83. The van der Waals surface area contributed by atoms with Gasteiger partial charge < -0.3 is 9.73 Å². The molecule has 2 aromatic carbocycles. The molecule has 0 bridgehead atoms. The molecule has 1 amide bonds. The second-order valence-corrected chi connectivity index (χ2v) is 7.20. The van der Waals surface area contributed by atoms with Gasteiger partial charge in [-0.1, -0.05) is 45.0 Å². The maximum absolute atomic E-state index is 12.6. The average Bonchev–Trinajstić information content (AvgIpc) is 2.89. The van der Waals surface area contributed by atoms with Crippen molar-refractivity contribution < 1.29 is 9.21 Å². The highest BCUT2D eigenvalue weighted by Gasteiger charge is 2.21. The lowest BCUT2D eigenvalue weighted by Crippen LogP contribution is -2.29. The number of aromatic nitrogens is 1. The van der Waals surface area contributed by atoms with Gasteiger partial charge in [-0.2, -0.15) is 0 Å². The summed E-state index contributed by atoms with van der Waals surface area (Å²) in [6.07, 6.45) is 0. The molecule has 0 aliphatic heterocycles. The van der Waals surface area contributed by atoms with E-state index in [2.05, 4.69) is 26.1 Å². The maximum atomic E-state index is 12.6. The quantitative estimate of drug-likeness (QED) is 0.782. The molecular weight excluding hydrogens is 316 g/mol. The standard InChI is InChI=1S/C20H22N2O3/c1-13(22-16-7-5-6-8-17(16)25-19(22)24)18(23)21-15-11-9-14(10-12-15)20(2,3)4/h5-13H,1-4H3,(H,21,23)/t13-/m1/s1. The largest absolute Gasteiger partial charge is 0.420 e. The minimum absolute atomic E-state index is 0.0544. The van der Waals surface area contributed by atoms with Gasteiger partial charge in [0.05, 0.1) is 5.52 Å². The van der Waals surface area contributed by atoms with E-state index in [1.165, 1.54) is 10.1 Å². The Hall–Kier alpha value is -2.82. The number of hydrogen-bond acceptors (Lipinski definition) is 3.